The molecule has 84 valence electrons. The fraction of sp³-hybridized carbons (Fsp3) is 1.00. The van der Waals surface area contributed by atoms with E-state index in [-0.39, 0.29) is 0 Å². The average Bonchev–Trinajstić information content (AvgIpc) is 2.25. The summed E-state index contributed by atoms with van der Waals surface area (Å²) in [6.45, 7) is 10.1. The summed E-state index contributed by atoms with van der Waals surface area (Å²) in [5.74, 6) is 0. The van der Waals surface area contributed by atoms with Crippen LogP contribution in [-0.4, -0.2) is 99.7 Å². The normalized spacial score (nSPS) is 27.9. The zero-order valence-electron chi connectivity index (χ0n) is 10.0. The predicted molar refractivity (Wildman–Crippen MR) is 63.9 cm³/mol. The van der Waals surface area contributed by atoms with E-state index < -0.39 is 0 Å². The van der Waals surface area contributed by atoms with Gasteiger partial charge in [0.05, 0.1) is 0 Å². The van der Waals surface area contributed by atoms with Crippen LogP contribution in [0.3, 0.4) is 0 Å². The number of rotatable bonds is 2. The second kappa shape index (κ2) is 5.63. The van der Waals surface area contributed by atoms with Gasteiger partial charge in [-0.25, -0.2) is 0 Å². The van der Waals surface area contributed by atoms with Gasteiger partial charge >= 0.3 is 99.7 Å². The molecule has 0 amide bonds. The molecule has 0 aromatic heterocycles. The van der Waals surface area contributed by atoms with Crippen molar-refractivity contribution >= 4 is 15.7 Å². The summed E-state index contributed by atoms with van der Waals surface area (Å²) in [4.78, 5) is 4.86. The first-order chi connectivity index (χ1) is 7.24. The fourth-order valence-electron chi connectivity index (χ4n) is 2.11. The molecule has 2 fully saturated rings. The van der Waals surface area contributed by atoms with E-state index in [4.69, 9.17) is 0 Å². The number of likely N-dealkylation sites (N-methyl/N-ethyl adjacent to an activating group) is 2. The third-order valence-electron chi connectivity index (χ3n) is 3.40. The van der Waals surface area contributed by atoms with E-state index in [0.717, 1.165) is 0 Å². The van der Waals surface area contributed by atoms with Crippen molar-refractivity contribution in [3.63, 3.8) is 0 Å². The van der Waals surface area contributed by atoms with Crippen molar-refractivity contribution in [2.24, 2.45) is 0 Å². The van der Waals surface area contributed by atoms with Crippen molar-refractivity contribution in [2.75, 3.05) is 66.5 Å². The van der Waals surface area contributed by atoms with Crippen LogP contribution in [0, 0.1) is 0 Å². The quantitative estimate of drug-likeness (QED) is 0.560. The Kier molecular flexibility index (Phi) is 4.44. The average molecular weight is 225 g/mol. The molecular weight excluding hydrogens is 203 g/mol. The van der Waals surface area contributed by atoms with Crippen molar-refractivity contribution in [2.45, 2.75) is 0 Å². The van der Waals surface area contributed by atoms with Crippen LogP contribution < -0.4 is 0 Å². The molecule has 0 aromatic rings. The Bertz CT molecular complexity index is 166. The van der Waals surface area contributed by atoms with Crippen molar-refractivity contribution < 1.29 is 0 Å². The molecule has 2 saturated heterocycles. The van der Waals surface area contributed by atoms with Crippen LogP contribution in [0.25, 0.3) is 0 Å². The molecular formula is C10H22AlN4+. The van der Waals surface area contributed by atoms with Crippen LogP contribution in [0.2, 0.25) is 0 Å². The van der Waals surface area contributed by atoms with Gasteiger partial charge < -0.3 is 0 Å². The second-order valence-electron chi connectivity index (χ2n) is 4.79. The molecule has 0 radical (unpaired) electrons. The summed E-state index contributed by atoms with van der Waals surface area (Å²) in [6.07, 6.45) is 0. The van der Waals surface area contributed by atoms with E-state index in [1.54, 1.807) is 0 Å². The SMILES string of the molecule is CN1CC[N]([Al+][N]2CCN(C)CC2)CC1. The first kappa shape index (κ1) is 11.8. The van der Waals surface area contributed by atoms with Crippen LogP contribution in [0.4, 0.5) is 0 Å². The standard InChI is InChI=1S/2C5H11N2.Al/c2*1-7-4-2-6-3-5-7;/h2*2-5H2,1H3;/q2*-1;+3. The van der Waals surface area contributed by atoms with E-state index in [9.17, 15) is 0 Å². The zero-order chi connectivity index (χ0) is 10.7. The fourth-order valence-corrected chi connectivity index (χ4v) is 3.49. The number of nitrogens with zero attached hydrogens (tertiary/aromatic N) is 4. The van der Waals surface area contributed by atoms with Gasteiger partial charge in [-0.3, -0.25) is 0 Å². The topological polar surface area (TPSA) is 13.0 Å². The van der Waals surface area contributed by atoms with E-state index in [1.165, 1.54) is 52.4 Å². The summed E-state index contributed by atoms with van der Waals surface area (Å²) in [6, 6.07) is 0. The van der Waals surface area contributed by atoms with Gasteiger partial charge in [0.2, 0.25) is 0 Å². The van der Waals surface area contributed by atoms with Gasteiger partial charge in [-0.05, 0) is 0 Å². The monoisotopic (exact) mass is 225 g/mol. The Morgan fingerprint density at radius 2 is 0.933 bits per heavy atom. The Hall–Kier alpha value is 0.372. The van der Waals surface area contributed by atoms with Gasteiger partial charge in [0.15, 0.2) is 0 Å². The molecule has 0 unspecified atom stereocenters. The summed E-state index contributed by atoms with van der Waals surface area (Å²) in [5, 5.41) is 0. The molecule has 0 bridgehead atoms. The van der Waals surface area contributed by atoms with E-state index >= 15 is 0 Å². The van der Waals surface area contributed by atoms with Gasteiger partial charge in [0.25, 0.3) is 0 Å². The van der Waals surface area contributed by atoms with Crippen LogP contribution in [-0.2, 0) is 0 Å². The minimum atomic E-state index is 0.406. The van der Waals surface area contributed by atoms with E-state index in [1.807, 2.05) is 0 Å². The molecule has 2 rings (SSSR count). The molecule has 0 spiro atoms. The summed E-state index contributed by atoms with van der Waals surface area (Å²) in [7, 11) is 4.45. The number of hydrogen-bond acceptors (Lipinski definition) is 4. The molecule has 5 heteroatoms. The number of hydrogen-bond donors (Lipinski definition) is 0. The van der Waals surface area contributed by atoms with Gasteiger partial charge in [-0.1, -0.05) is 0 Å². The molecule has 2 aliphatic heterocycles. The Balaban J connectivity index is 1.68. The van der Waals surface area contributed by atoms with Gasteiger partial charge in [-0.15, -0.1) is 0 Å². The van der Waals surface area contributed by atoms with Crippen molar-refractivity contribution in [1.82, 2.24) is 17.6 Å². The first-order valence-corrected chi connectivity index (χ1v) is 6.97. The predicted octanol–water partition coefficient (Wildman–Crippen LogP) is -0.985. The van der Waals surface area contributed by atoms with Crippen molar-refractivity contribution in [3.05, 3.63) is 0 Å². The molecule has 0 aliphatic carbocycles. The van der Waals surface area contributed by atoms with Crippen LogP contribution >= 0.6 is 0 Å². The van der Waals surface area contributed by atoms with Crippen LogP contribution in [0.15, 0.2) is 0 Å². The maximum absolute atomic E-state index is 2.67. The third kappa shape index (κ3) is 3.70. The molecule has 2 heterocycles. The second-order valence-corrected chi connectivity index (χ2v) is 6.49. The molecule has 0 N–H and O–H groups in total. The summed E-state index contributed by atoms with van der Waals surface area (Å²) in [5.41, 5.74) is 0. The van der Waals surface area contributed by atoms with Gasteiger partial charge in [0, 0.05) is 0 Å². The summed E-state index contributed by atoms with van der Waals surface area (Å²) >= 11 is 0.406. The van der Waals surface area contributed by atoms with E-state index in [0.29, 0.717) is 15.7 Å². The first-order valence-electron chi connectivity index (χ1n) is 5.94. The van der Waals surface area contributed by atoms with E-state index in [2.05, 4.69) is 31.7 Å². The van der Waals surface area contributed by atoms with Gasteiger partial charge in [0.1, 0.15) is 0 Å². The van der Waals surface area contributed by atoms with Gasteiger partial charge in [-0.2, -0.15) is 0 Å². The van der Waals surface area contributed by atoms with Crippen LogP contribution in [0.5, 0.6) is 0 Å². The molecule has 15 heavy (non-hydrogen) atoms. The molecule has 4 nitrogen and oxygen atoms in total. The Morgan fingerprint density at radius 1 is 0.600 bits per heavy atom. The Labute approximate surface area is 99.9 Å². The maximum atomic E-state index is 2.67. The Morgan fingerprint density at radius 3 is 1.27 bits per heavy atom. The van der Waals surface area contributed by atoms with Crippen molar-refractivity contribution in [3.8, 4) is 0 Å². The van der Waals surface area contributed by atoms with Crippen molar-refractivity contribution in [1.29, 1.82) is 0 Å². The molecule has 0 atom stereocenters. The molecule has 0 aromatic carbocycles. The zero-order valence-corrected chi connectivity index (χ0v) is 11.2. The minimum absolute atomic E-state index is 0.406. The number of piperazine rings is 2. The molecule has 0 saturated carbocycles. The summed E-state index contributed by atoms with van der Waals surface area (Å²) < 4.78 is 5.34. The molecule has 2 aliphatic rings. The van der Waals surface area contributed by atoms with Crippen LogP contribution in [0.1, 0.15) is 0 Å². The third-order valence-corrected chi connectivity index (χ3v) is 5.09.